The highest BCUT2D eigenvalue weighted by atomic mass is 16.5. The smallest absolute Gasteiger partial charge is 0.305 e. The second kappa shape index (κ2) is 57.4. The SMILES string of the molecule is CCCCCCCCCCCCCCCCCCCCCCC(O)C(CO)NC(=O)CCCCCCCCCCCCCCCCCCCCCOC(=O)CCCCCCCCCCCCC. The van der Waals surface area contributed by atoms with Gasteiger partial charge in [0.2, 0.25) is 5.91 Å². The summed E-state index contributed by atoms with van der Waals surface area (Å²) in [6.45, 7) is 4.98. The molecule has 6 nitrogen and oxygen atoms in total. The van der Waals surface area contributed by atoms with Crippen molar-refractivity contribution in [2.45, 2.75) is 366 Å². The van der Waals surface area contributed by atoms with Gasteiger partial charge in [0.1, 0.15) is 0 Å². The lowest BCUT2D eigenvalue weighted by molar-refractivity contribution is -0.143. The van der Waals surface area contributed by atoms with Crippen molar-refractivity contribution >= 4 is 11.9 Å². The second-order valence-corrected chi connectivity index (χ2v) is 21.4. The maximum absolute atomic E-state index is 12.5. The van der Waals surface area contributed by atoms with E-state index >= 15 is 0 Å². The molecule has 1 amide bonds. The van der Waals surface area contributed by atoms with Crippen LogP contribution in [0.3, 0.4) is 0 Å². The van der Waals surface area contributed by atoms with Crippen LogP contribution < -0.4 is 5.32 Å². The first-order valence-corrected chi connectivity index (χ1v) is 30.8. The summed E-state index contributed by atoms with van der Waals surface area (Å²) in [5.41, 5.74) is 0. The van der Waals surface area contributed by atoms with Gasteiger partial charge in [-0.2, -0.15) is 0 Å². The van der Waals surface area contributed by atoms with E-state index in [2.05, 4.69) is 19.2 Å². The number of esters is 1. The molecule has 3 N–H and O–H groups in total. The number of hydrogen-bond acceptors (Lipinski definition) is 5. The minimum absolute atomic E-state index is 0.00992. The summed E-state index contributed by atoms with van der Waals surface area (Å²) in [6.07, 6.45) is 66.8. The fourth-order valence-electron chi connectivity index (χ4n) is 9.94. The molecule has 0 radical (unpaired) electrons. The van der Waals surface area contributed by atoms with Crippen molar-refractivity contribution in [3.8, 4) is 0 Å². The molecule has 0 aliphatic carbocycles. The number of carbonyl (C=O) groups excluding carboxylic acids is 2. The van der Waals surface area contributed by atoms with Gasteiger partial charge in [0, 0.05) is 12.8 Å². The summed E-state index contributed by atoms with van der Waals surface area (Å²) < 4.78 is 5.47. The Morgan fingerprint density at radius 2 is 0.612 bits per heavy atom. The van der Waals surface area contributed by atoms with Gasteiger partial charge in [0.25, 0.3) is 0 Å². The Bertz CT molecular complexity index is 959. The van der Waals surface area contributed by atoms with E-state index in [1.54, 1.807) is 0 Å². The number of unbranched alkanes of at least 4 members (excludes halogenated alkanes) is 47. The minimum Gasteiger partial charge on any atom is -0.466 e. The summed E-state index contributed by atoms with van der Waals surface area (Å²) in [5.74, 6) is -0.0235. The first-order valence-electron chi connectivity index (χ1n) is 30.8. The van der Waals surface area contributed by atoms with Crippen LogP contribution in [0.4, 0.5) is 0 Å². The van der Waals surface area contributed by atoms with Crippen LogP contribution in [0.1, 0.15) is 354 Å². The topological polar surface area (TPSA) is 95.9 Å². The summed E-state index contributed by atoms with van der Waals surface area (Å²) in [5, 5.41) is 23.4. The van der Waals surface area contributed by atoms with Gasteiger partial charge in [0.05, 0.1) is 25.4 Å². The van der Waals surface area contributed by atoms with E-state index < -0.39 is 12.1 Å². The fourth-order valence-corrected chi connectivity index (χ4v) is 9.94. The normalized spacial score (nSPS) is 12.5. The van der Waals surface area contributed by atoms with Crippen LogP contribution >= 0.6 is 0 Å². The van der Waals surface area contributed by atoms with E-state index in [9.17, 15) is 19.8 Å². The molecule has 0 aliphatic rings. The van der Waals surface area contributed by atoms with Crippen molar-refractivity contribution in [1.82, 2.24) is 5.32 Å². The molecule has 0 aromatic rings. The minimum atomic E-state index is -0.665. The molecule has 0 spiro atoms. The highest BCUT2D eigenvalue weighted by Crippen LogP contribution is 2.18. The van der Waals surface area contributed by atoms with Crippen molar-refractivity contribution < 1.29 is 24.5 Å². The monoisotopic (exact) mass is 948 g/mol. The number of ether oxygens (including phenoxy) is 1. The third kappa shape index (κ3) is 54.0. The lowest BCUT2D eigenvalue weighted by atomic mass is 10.0. The third-order valence-electron chi connectivity index (χ3n) is 14.7. The average Bonchev–Trinajstić information content (AvgIpc) is 3.33. The molecule has 2 atom stereocenters. The number of rotatable bonds is 58. The first kappa shape index (κ1) is 65.9. The molecule has 400 valence electrons. The van der Waals surface area contributed by atoms with Gasteiger partial charge in [-0.15, -0.1) is 0 Å². The molecule has 0 aromatic heterocycles. The largest absolute Gasteiger partial charge is 0.466 e. The Morgan fingerprint density at radius 1 is 0.358 bits per heavy atom. The molecule has 67 heavy (non-hydrogen) atoms. The van der Waals surface area contributed by atoms with Crippen LogP contribution in [0.15, 0.2) is 0 Å². The maximum Gasteiger partial charge on any atom is 0.305 e. The van der Waals surface area contributed by atoms with Gasteiger partial charge in [-0.3, -0.25) is 9.59 Å². The van der Waals surface area contributed by atoms with Crippen molar-refractivity contribution in [2.75, 3.05) is 13.2 Å². The predicted molar refractivity (Wildman–Crippen MR) is 292 cm³/mol. The van der Waals surface area contributed by atoms with Crippen molar-refractivity contribution in [1.29, 1.82) is 0 Å². The van der Waals surface area contributed by atoms with Crippen molar-refractivity contribution in [3.05, 3.63) is 0 Å². The standard InChI is InChI=1S/C61H121NO5/c1-3-5-7-9-11-13-15-16-17-18-19-21-24-27-30-34-37-41-45-49-53-59(64)58(57-63)62-60(65)54-50-46-42-38-35-31-28-25-22-20-23-26-29-32-36-40-44-48-52-56-67-61(66)55-51-47-43-39-33-14-12-10-8-6-4-2/h58-59,63-64H,3-57H2,1-2H3,(H,62,65). The molecule has 0 heterocycles. The van der Waals surface area contributed by atoms with Crippen LogP contribution in [0.2, 0.25) is 0 Å². The van der Waals surface area contributed by atoms with Crippen LogP contribution in [-0.2, 0) is 14.3 Å². The van der Waals surface area contributed by atoms with Crippen molar-refractivity contribution in [2.24, 2.45) is 0 Å². The third-order valence-corrected chi connectivity index (χ3v) is 14.7. The Morgan fingerprint density at radius 3 is 0.910 bits per heavy atom. The maximum atomic E-state index is 12.5. The number of aliphatic hydroxyl groups is 2. The Kier molecular flexibility index (Phi) is 56.5. The van der Waals surface area contributed by atoms with E-state index in [1.807, 2.05) is 0 Å². The zero-order chi connectivity index (χ0) is 48.6. The molecule has 0 saturated carbocycles. The lowest BCUT2D eigenvalue weighted by Crippen LogP contribution is -2.45. The van der Waals surface area contributed by atoms with Gasteiger partial charge in [0.15, 0.2) is 0 Å². The lowest BCUT2D eigenvalue weighted by Gasteiger charge is -2.22. The van der Waals surface area contributed by atoms with Crippen LogP contribution in [0, 0.1) is 0 Å². The average molecular weight is 949 g/mol. The van der Waals surface area contributed by atoms with E-state index in [4.69, 9.17) is 4.74 Å². The van der Waals surface area contributed by atoms with E-state index in [1.165, 1.54) is 283 Å². The quantitative estimate of drug-likeness (QED) is 0.0417. The van der Waals surface area contributed by atoms with Crippen LogP contribution in [0.25, 0.3) is 0 Å². The summed E-state index contributed by atoms with van der Waals surface area (Å²) >= 11 is 0. The molecule has 0 bridgehead atoms. The van der Waals surface area contributed by atoms with Crippen LogP contribution in [-0.4, -0.2) is 47.4 Å². The van der Waals surface area contributed by atoms with Gasteiger partial charge in [-0.1, -0.05) is 316 Å². The predicted octanol–water partition coefficient (Wildman–Crippen LogP) is 19.1. The molecule has 0 aromatic carbocycles. The first-order chi connectivity index (χ1) is 33.0. The highest BCUT2D eigenvalue weighted by Gasteiger charge is 2.20. The molecule has 0 rings (SSSR count). The summed E-state index contributed by atoms with van der Waals surface area (Å²) in [7, 11) is 0. The fraction of sp³-hybridized carbons (Fsp3) is 0.967. The molecule has 0 aliphatic heterocycles. The number of amides is 1. The molecular weight excluding hydrogens is 827 g/mol. The molecule has 2 unspecified atom stereocenters. The van der Waals surface area contributed by atoms with Gasteiger partial charge in [-0.25, -0.2) is 0 Å². The van der Waals surface area contributed by atoms with E-state index in [0.717, 1.165) is 38.5 Å². The Balaban J connectivity index is 3.40. The number of hydrogen-bond donors (Lipinski definition) is 3. The van der Waals surface area contributed by atoms with E-state index in [0.29, 0.717) is 25.9 Å². The van der Waals surface area contributed by atoms with Gasteiger partial charge >= 0.3 is 5.97 Å². The summed E-state index contributed by atoms with van der Waals surface area (Å²) in [6, 6.07) is -0.543. The molecule has 0 saturated heterocycles. The zero-order valence-electron chi connectivity index (χ0n) is 45.7. The summed E-state index contributed by atoms with van der Waals surface area (Å²) in [4.78, 5) is 24.5. The zero-order valence-corrected chi connectivity index (χ0v) is 45.7. The van der Waals surface area contributed by atoms with Crippen molar-refractivity contribution in [3.63, 3.8) is 0 Å². The van der Waals surface area contributed by atoms with Gasteiger partial charge in [-0.05, 0) is 25.7 Å². The van der Waals surface area contributed by atoms with E-state index in [-0.39, 0.29) is 18.5 Å². The Hall–Kier alpha value is -1.14. The number of nitrogens with one attached hydrogen (secondary N) is 1. The van der Waals surface area contributed by atoms with Gasteiger partial charge < -0.3 is 20.3 Å². The number of aliphatic hydroxyl groups excluding tert-OH is 2. The molecule has 6 heteroatoms. The highest BCUT2D eigenvalue weighted by molar-refractivity contribution is 5.76. The molecular formula is C61H121NO5. The number of carbonyl (C=O) groups is 2. The Labute approximate surface area is 419 Å². The second-order valence-electron chi connectivity index (χ2n) is 21.4. The molecule has 0 fully saturated rings. The van der Waals surface area contributed by atoms with Crippen LogP contribution in [0.5, 0.6) is 0 Å².